The van der Waals surface area contributed by atoms with Gasteiger partial charge in [0, 0.05) is 27.4 Å². The number of H-pyrrole nitrogens is 1. The van der Waals surface area contributed by atoms with Crippen LogP contribution in [0.15, 0.2) is 42.7 Å². The van der Waals surface area contributed by atoms with Gasteiger partial charge in [-0.1, -0.05) is 11.6 Å². The van der Waals surface area contributed by atoms with Gasteiger partial charge in [-0.2, -0.15) is 5.10 Å². The molecule has 0 saturated heterocycles. The number of rotatable bonds is 3. The van der Waals surface area contributed by atoms with Crippen LogP contribution in [0.5, 0.6) is 0 Å². The van der Waals surface area contributed by atoms with E-state index in [0.717, 1.165) is 21.9 Å². The summed E-state index contributed by atoms with van der Waals surface area (Å²) in [7, 11) is 0. The predicted octanol–water partition coefficient (Wildman–Crippen LogP) is 4.40. The molecule has 0 aliphatic rings. The highest BCUT2D eigenvalue weighted by molar-refractivity contribution is 6.31. The molecule has 25 heavy (non-hydrogen) atoms. The molecule has 0 aliphatic heterocycles. The number of aromatic amines is 1. The molecule has 0 atom stereocenters. The van der Waals surface area contributed by atoms with Crippen molar-refractivity contribution in [2.75, 3.05) is 5.32 Å². The zero-order chi connectivity index (χ0) is 17.6. The van der Waals surface area contributed by atoms with Gasteiger partial charge in [0.05, 0.1) is 18.1 Å². The molecule has 3 heterocycles. The molecule has 0 spiro atoms. The normalized spacial score (nSPS) is 11.5. The average Bonchev–Trinajstić information content (AvgIpc) is 3.17. The fourth-order valence-corrected chi connectivity index (χ4v) is 2.99. The second-order valence-corrected chi connectivity index (χ2v) is 6.62. The van der Waals surface area contributed by atoms with Gasteiger partial charge in [0.25, 0.3) is 5.91 Å². The maximum atomic E-state index is 12.5. The van der Waals surface area contributed by atoms with Gasteiger partial charge in [-0.25, -0.2) is 9.67 Å². The molecular weight excluding hydrogens is 338 g/mol. The second kappa shape index (κ2) is 5.89. The minimum atomic E-state index is -0.232. The number of nitrogens with zero attached hydrogens (tertiary/aromatic N) is 3. The molecule has 1 aromatic carbocycles. The first-order valence-corrected chi connectivity index (χ1v) is 8.32. The van der Waals surface area contributed by atoms with Crippen LogP contribution in [0, 0.1) is 0 Å². The number of anilines is 1. The smallest absolute Gasteiger partial charge is 0.272 e. The van der Waals surface area contributed by atoms with Gasteiger partial charge in [0.2, 0.25) is 0 Å². The highest BCUT2D eigenvalue weighted by atomic mass is 35.5. The quantitative estimate of drug-likeness (QED) is 0.573. The summed E-state index contributed by atoms with van der Waals surface area (Å²) in [5.74, 6) is -0.232. The molecule has 0 bridgehead atoms. The predicted molar refractivity (Wildman–Crippen MR) is 99.2 cm³/mol. The maximum Gasteiger partial charge on any atom is 0.272 e. The van der Waals surface area contributed by atoms with Gasteiger partial charge >= 0.3 is 0 Å². The molecule has 4 rings (SSSR count). The number of carbonyl (C=O) groups excluding carboxylic acids is 1. The van der Waals surface area contributed by atoms with E-state index in [1.165, 1.54) is 0 Å². The summed E-state index contributed by atoms with van der Waals surface area (Å²) < 4.78 is 1.85. The molecule has 0 radical (unpaired) electrons. The van der Waals surface area contributed by atoms with Crippen LogP contribution in [-0.4, -0.2) is 25.7 Å². The largest absolute Gasteiger partial charge is 0.351 e. The third-order valence-electron chi connectivity index (χ3n) is 4.01. The Bertz CT molecular complexity index is 1100. The van der Waals surface area contributed by atoms with E-state index in [0.29, 0.717) is 16.4 Å². The number of amides is 1. The van der Waals surface area contributed by atoms with E-state index in [1.807, 2.05) is 36.7 Å². The van der Waals surface area contributed by atoms with Crippen molar-refractivity contribution in [3.8, 4) is 0 Å². The van der Waals surface area contributed by atoms with Crippen molar-refractivity contribution >= 4 is 45.1 Å². The molecule has 0 saturated carbocycles. The number of hydrogen-bond acceptors (Lipinski definition) is 3. The molecule has 126 valence electrons. The van der Waals surface area contributed by atoms with Crippen LogP contribution in [0.4, 0.5) is 5.69 Å². The lowest BCUT2D eigenvalue weighted by atomic mass is 10.2. The van der Waals surface area contributed by atoms with Gasteiger partial charge < -0.3 is 10.3 Å². The van der Waals surface area contributed by atoms with E-state index in [4.69, 9.17) is 11.6 Å². The van der Waals surface area contributed by atoms with Crippen LogP contribution < -0.4 is 5.32 Å². The third-order valence-corrected chi connectivity index (χ3v) is 4.24. The number of halogens is 1. The molecule has 7 heteroatoms. The van der Waals surface area contributed by atoms with Crippen molar-refractivity contribution in [2.45, 2.75) is 19.9 Å². The Hall–Kier alpha value is -2.86. The molecule has 0 aliphatic carbocycles. The lowest BCUT2D eigenvalue weighted by Gasteiger charge is -2.07. The van der Waals surface area contributed by atoms with Gasteiger partial charge in [-0.05, 0) is 44.2 Å². The number of pyridine rings is 1. The maximum absolute atomic E-state index is 12.5. The molecule has 2 N–H and O–H groups in total. The van der Waals surface area contributed by atoms with Crippen LogP contribution in [0.3, 0.4) is 0 Å². The molecule has 4 aromatic rings. The highest BCUT2D eigenvalue weighted by Gasteiger charge is 2.12. The fraction of sp³-hybridized carbons (Fsp3) is 0.167. The lowest BCUT2D eigenvalue weighted by molar-refractivity contribution is 0.102. The number of benzene rings is 1. The Morgan fingerprint density at radius 2 is 2.04 bits per heavy atom. The molecule has 0 fully saturated rings. The monoisotopic (exact) mass is 353 g/mol. The first kappa shape index (κ1) is 15.7. The number of hydrogen-bond donors (Lipinski definition) is 2. The molecule has 0 unspecified atom stereocenters. The Kier molecular flexibility index (Phi) is 3.69. The molecular formula is C18H16ClN5O. The average molecular weight is 354 g/mol. The summed E-state index contributed by atoms with van der Waals surface area (Å²) in [6.07, 6.45) is 3.39. The number of fused-ring (bicyclic) bond motifs is 2. The molecule has 1 amide bonds. The van der Waals surface area contributed by atoms with E-state index < -0.39 is 0 Å². The van der Waals surface area contributed by atoms with E-state index in [-0.39, 0.29) is 11.9 Å². The summed E-state index contributed by atoms with van der Waals surface area (Å²) in [5.41, 5.74) is 2.75. The highest BCUT2D eigenvalue weighted by Crippen LogP contribution is 2.22. The van der Waals surface area contributed by atoms with E-state index in [1.54, 1.807) is 24.5 Å². The minimum absolute atomic E-state index is 0.226. The van der Waals surface area contributed by atoms with Crippen LogP contribution in [-0.2, 0) is 0 Å². The lowest BCUT2D eigenvalue weighted by Crippen LogP contribution is -2.12. The zero-order valence-corrected chi connectivity index (χ0v) is 14.5. The summed E-state index contributed by atoms with van der Waals surface area (Å²) in [6, 6.07) is 9.32. The van der Waals surface area contributed by atoms with E-state index in [9.17, 15) is 4.79 Å². The van der Waals surface area contributed by atoms with Crippen molar-refractivity contribution in [3.05, 3.63) is 53.4 Å². The number of nitrogens with one attached hydrogen (secondary N) is 2. The van der Waals surface area contributed by atoms with Crippen LogP contribution in [0.2, 0.25) is 5.02 Å². The van der Waals surface area contributed by atoms with Crippen molar-refractivity contribution < 1.29 is 4.79 Å². The topological polar surface area (TPSA) is 75.6 Å². The number of aromatic nitrogens is 4. The first-order chi connectivity index (χ1) is 12.0. The van der Waals surface area contributed by atoms with E-state index >= 15 is 0 Å². The standard InChI is InChI=1S/C18H16ClN5O/c1-10(2)24-17-12(8-21-24)6-14(9-20-17)22-18(25)16-7-11-5-13(19)3-4-15(11)23-16/h3-10,23H,1-2H3,(H,22,25). The Morgan fingerprint density at radius 1 is 1.20 bits per heavy atom. The second-order valence-electron chi connectivity index (χ2n) is 6.19. The molecule has 3 aromatic heterocycles. The Balaban J connectivity index is 1.62. The van der Waals surface area contributed by atoms with Crippen LogP contribution >= 0.6 is 11.6 Å². The Labute approximate surface area is 148 Å². The SMILES string of the molecule is CC(C)n1ncc2cc(NC(=O)c3cc4cc(Cl)ccc4[nH]3)cnc21. The first-order valence-electron chi connectivity index (χ1n) is 7.94. The van der Waals surface area contributed by atoms with Gasteiger partial charge in [-0.3, -0.25) is 4.79 Å². The van der Waals surface area contributed by atoms with Gasteiger partial charge in [0.15, 0.2) is 5.65 Å². The summed E-state index contributed by atoms with van der Waals surface area (Å²) in [6.45, 7) is 4.10. The number of carbonyl (C=O) groups is 1. The summed E-state index contributed by atoms with van der Waals surface area (Å²) in [4.78, 5) is 20.0. The Morgan fingerprint density at radius 3 is 2.84 bits per heavy atom. The minimum Gasteiger partial charge on any atom is -0.351 e. The van der Waals surface area contributed by atoms with Crippen molar-refractivity contribution in [1.82, 2.24) is 19.7 Å². The van der Waals surface area contributed by atoms with Gasteiger partial charge in [0.1, 0.15) is 5.69 Å². The summed E-state index contributed by atoms with van der Waals surface area (Å²) >= 11 is 5.99. The summed E-state index contributed by atoms with van der Waals surface area (Å²) in [5, 5.41) is 9.61. The third kappa shape index (κ3) is 2.85. The van der Waals surface area contributed by atoms with Crippen molar-refractivity contribution in [3.63, 3.8) is 0 Å². The van der Waals surface area contributed by atoms with Crippen molar-refractivity contribution in [1.29, 1.82) is 0 Å². The van der Waals surface area contributed by atoms with E-state index in [2.05, 4.69) is 20.4 Å². The zero-order valence-electron chi connectivity index (χ0n) is 13.7. The molecule has 6 nitrogen and oxygen atoms in total. The fourth-order valence-electron chi connectivity index (χ4n) is 2.81. The van der Waals surface area contributed by atoms with Crippen LogP contribution in [0.1, 0.15) is 30.4 Å². The van der Waals surface area contributed by atoms with Crippen LogP contribution in [0.25, 0.3) is 21.9 Å². The van der Waals surface area contributed by atoms with Gasteiger partial charge in [-0.15, -0.1) is 0 Å². The van der Waals surface area contributed by atoms with Crippen molar-refractivity contribution in [2.24, 2.45) is 0 Å².